The van der Waals surface area contributed by atoms with E-state index in [2.05, 4.69) is 10.3 Å². The third-order valence-electron chi connectivity index (χ3n) is 5.23. The summed E-state index contributed by atoms with van der Waals surface area (Å²) in [5.74, 6) is -0.886. The largest absolute Gasteiger partial charge is 0.379 e. The van der Waals surface area contributed by atoms with E-state index in [4.69, 9.17) is 4.74 Å². The topological polar surface area (TPSA) is 111 Å². The number of ether oxygens (including phenoxy) is 1. The molecule has 0 atom stereocenters. The van der Waals surface area contributed by atoms with Crippen molar-refractivity contribution in [3.8, 4) is 0 Å². The Morgan fingerprint density at radius 1 is 1.12 bits per heavy atom. The van der Waals surface area contributed by atoms with Gasteiger partial charge in [0.05, 0.1) is 34.9 Å². The van der Waals surface area contributed by atoms with Gasteiger partial charge >= 0.3 is 0 Å². The van der Waals surface area contributed by atoms with E-state index < -0.39 is 21.8 Å². The number of fused-ring (bicyclic) bond motifs is 1. The van der Waals surface area contributed by atoms with Crippen LogP contribution >= 0.6 is 11.8 Å². The maximum atomic E-state index is 13.0. The summed E-state index contributed by atoms with van der Waals surface area (Å²) in [7, 11) is -3.63. The molecule has 0 bridgehead atoms. The Labute approximate surface area is 196 Å². The number of imidazole rings is 1. The predicted octanol–water partition coefficient (Wildman–Crippen LogP) is 2.13. The number of morpholine rings is 1. The summed E-state index contributed by atoms with van der Waals surface area (Å²) >= 11 is 1.20. The lowest BCUT2D eigenvalue weighted by molar-refractivity contribution is -0.117. The number of benzene rings is 2. The highest BCUT2D eigenvalue weighted by Gasteiger charge is 2.27. The highest BCUT2D eigenvalue weighted by Crippen LogP contribution is 2.27. The maximum absolute atomic E-state index is 13.0. The minimum absolute atomic E-state index is 0.000822. The molecule has 9 nitrogen and oxygen atoms in total. The molecule has 1 aliphatic rings. The highest BCUT2D eigenvalue weighted by molar-refractivity contribution is 7.99. The van der Waals surface area contributed by atoms with Crippen molar-refractivity contribution in [1.82, 2.24) is 19.2 Å². The first-order chi connectivity index (χ1) is 15.9. The first-order valence-corrected chi connectivity index (χ1v) is 12.9. The fourth-order valence-corrected chi connectivity index (χ4v) is 5.86. The Kier molecular flexibility index (Phi) is 7.13. The Bertz CT molecular complexity index is 1270. The Balaban J connectivity index is 1.50. The molecule has 0 radical (unpaired) electrons. The first kappa shape index (κ1) is 23.4. The average molecular weight is 489 g/mol. The van der Waals surface area contributed by atoms with Crippen molar-refractivity contribution in [3.05, 3.63) is 54.1 Å². The highest BCUT2D eigenvalue weighted by atomic mass is 32.2. The molecular weight excluding hydrogens is 464 g/mol. The van der Waals surface area contributed by atoms with Crippen molar-refractivity contribution in [1.29, 1.82) is 0 Å². The van der Waals surface area contributed by atoms with Gasteiger partial charge < -0.3 is 9.30 Å². The summed E-state index contributed by atoms with van der Waals surface area (Å²) < 4.78 is 34.5. The number of carbonyl (C=O) groups is 2. The maximum Gasteiger partial charge on any atom is 0.257 e. The van der Waals surface area contributed by atoms with Crippen molar-refractivity contribution in [2.75, 3.05) is 32.1 Å². The molecule has 1 aliphatic heterocycles. The monoisotopic (exact) mass is 488 g/mol. The second kappa shape index (κ2) is 10.0. The fourth-order valence-electron chi connectivity index (χ4n) is 3.55. The molecule has 2 amide bonds. The predicted molar refractivity (Wildman–Crippen MR) is 125 cm³/mol. The van der Waals surface area contributed by atoms with Gasteiger partial charge in [-0.3, -0.25) is 14.9 Å². The third-order valence-corrected chi connectivity index (χ3v) is 8.10. The quantitative estimate of drug-likeness (QED) is 0.507. The molecule has 2 aromatic carbocycles. The van der Waals surface area contributed by atoms with Gasteiger partial charge in [-0.1, -0.05) is 30.0 Å². The van der Waals surface area contributed by atoms with E-state index in [1.165, 1.54) is 16.1 Å². The number of nitrogens with one attached hydrogen (secondary N) is 1. The van der Waals surface area contributed by atoms with Crippen LogP contribution < -0.4 is 5.32 Å². The molecule has 0 saturated carbocycles. The second-order valence-electron chi connectivity index (χ2n) is 7.34. The molecule has 3 aromatic rings. The molecule has 11 heteroatoms. The van der Waals surface area contributed by atoms with E-state index >= 15 is 0 Å². The molecule has 2 heterocycles. The van der Waals surface area contributed by atoms with Crippen LogP contribution in [0.4, 0.5) is 0 Å². The molecule has 1 aromatic heterocycles. The van der Waals surface area contributed by atoms with Gasteiger partial charge in [-0.25, -0.2) is 13.4 Å². The van der Waals surface area contributed by atoms with E-state index in [9.17, 15) is 18.0 Å². The van der Waals surface area contributed by atoms with Crippen LogP contribution in [-0.4, -0.2) is 66.1 Å². The normalized spacial score (nSPS) is 14.9. The molecule has 174 valence electrons. The minimum Gasteiger partial charge on any atom is -0.379 e. The Morgan fingerprint density at radius 2 is 1.85 bits per heavy atom. The van der Waals surface area contributed by atoms with Gasteiger partial charge in [0.25, 0.3) is 5.91 Å². The van der Waals surface area contributed by atoms with Crippen molar-refractivity contribution in [2.45, 2.75) is 23.5 Å². The molecular formula is C22H24N4O5S2. The lowest BCUT2D eigenvalue weighted by Gasteiger charge is -2.26. The molecule has 0 unspecified atom stereocenters. The number of rotatable bonds is 7. The standard InChI is InChI=1S/C22H24N4O5S2/c1-2-26-19-9-8-17(33(29,30)25-10-12-31-13-11-25)14-18(19)23-22(26)32-15-20(27)24-21(28)16-6-4-3-5-7-16/h3-9,14H,2,10-13,15H2,1H3,(H,24,27,28). The summed E-state index contributed by atoms with van der Waals surface area (Å²) in [5, 5.41) is 2.95. The van der Waals surface area contributed by atoms with Crippen molar-refractivity contribution in [2.24, 2.45) is 0 Å². The summed E-state index contributed by atoms with van der Waals surface area (Å²) in [4.78, 5) is 29.2. The number of amides is 2. The van der Waals surface area contributed by atoms with Gasteiger partial charge in [-0.15, -0.1) is 0 Å². The number of hydrogen-bond acceptors (Lipinski definition) is 7. The summed E-state index contributed by atoms with van der Waals surface area (Å²) in [6.07, 6.45) is 0. The molecule has 1 N–H and O–H groups in total. The summed E-state index contributed by atoms with van der Waals surface area (Å²) in [6, 6.07) is 13.4. The lowest BCUT2D eigenvalue weighted by atomic mass is 10.2. The number of imide groups is 1. The van der Waals surface area contributed by atoms with Gasteiger partial charge in [-0.05, 0) is 37.3 Å². The number of thioether (sulfide) groups is 1. The zero-order chi connectivity index (χ0) is 23.4. The zero-order valence-electron chi connectivity index (χ0n) is 18.1. The van der Waals surface area contributed by atoms with Crippen molar-refractivity contribution >= 4 is 44.6 Å². The Hall–Kier alpha value is -2.73. The number of sulfonamides is 1. The number of nitrogens with zero attached hydrogens (tertiary/aromatic N) is 3. The SMILES string of the molecule is CCn1c(SCC(=O)NC(=O)c2ccccc2)nc2cc(S(=O)(=O)N3CCOCC3)ccc21. The van der Waals surface area contributed by atoms with Crippen molar-refractivity contribution in [3.63, 3.8) is 0 Å². The van der Waals surface area contributed by atoms with Crippen molar-refractivity contribution < 1.29 is 22.7 Å². The van der Waals surface area contributed by atoms with Crippen LogP contribution in [0, 0.1) is 0 Å². The van der Waals surface area contributed by atoms with Gasteiger partial charge in [-0.2, -0.15) is 4.31 Å². The number of hydrogen-bond donors (Lipinski definition) is 1. The van der Waals surface area contributed by atoms with Crippen LogP contribution in [0.15, 0.2) is 58.6 Å². The molecule has 0 spiro atoms. The van der Waals surface area contributed by atoms with E-state index in [1.54, 1.807) is 48.5 Å². The summed E-state index contributed by atoms with van der Waals surface area (Å²) in [6.45, 7) is 3.94. The minimum atomic E-state index is -3.63. The zero-order valence-corrected chi connectivity index (χ0v) is 19.7. The van der Waals surface area contributed by atoms with Gasteiger partial charge in [0.15, 0.2) is 5.16 Å². The van der Waals surface area contributed by atoms with Gasteiger partial charge in [0.1, 0.15) is 0 Å². The van der Waals surface area contributed by atoms with Crippen LogP contribution in [0.3, 0.4) is 0 Å². The van der Waals surface area contributed by atoms with Crippen LogP contribution in [0.25, 0.3) is 11.0 Å². The first-order valence-electron chi connectivity index (χ1n) is 10.5. The van der Waals surface area contributed by atoms with E-state index in [1.807, 2.05) is 11.5 Å². The number of carbonyl (C=O) groups excluding carboxylic acids is 2. The summed E-state index contributed by atoms with van der Waals surface area (Å²) in [5.41, 5.74) is 1.72. The molecule has 0 aliphatic carbocycles. The van der Waals surface area contributed by atoms with Crippen LogP contribution in [0.2, 0.25) is 0 Å². The molecule has 33 heavy (non-hydrogen) atoms. The fraction of sp³-hybridized carbons (Fsp3) is 0.318. The molecule has 4 rings (SSSR count). The van der Waals surface area contributed by atoms with E-state index in [-0.39, 0.29) is 10.6 Å². The molecule has 1 fully saturated rings. The number of aromatic nitrogens is 2. The van der Waals surface area contributed by atoms with Crippen LogP contribution in [0.1, 0.15) is 17.3 Å². The average Bonchev–Trinajstić information content (AvgIpc) is 3.20. The second-order valence-corrected chi connectivity index (χ2v) is 10.2. The Morgan fingerprint density at radius 3 is 2.55 bits per heavy atom. The van der Waals surface area contributed by atoms with E-state index in [0.717, 1.165) is 5.52 Å². The van der Waals surface area contributed by atoms with Gasteiger partial charge in [0.2, 0.25) is 15.9 Å². The number of aryl methyl sites for hydroxylation is 1. The van der Waals surface area contributed by atoms with Gasteiger partial charge in [0, 0.05) is 25.2 Å². The van der Waals surface area contributed by atoms with Crippen LogP contribution in [0.5, 0.6) is 0 Å². The smallest absolute Gasteiger partial charge is 0.257 e. The van der Waals surface area contributed by atoms with Crippen LogP contribution in [-0.2, 0) is 26.1 Å². The van der Waals surface area contributed by atoms with E-state index in [0.29, 0.717) is 49.1 Å². The molecule has 1 saturated heterocycles. The lowest BCUT2D eigenvalue weighted by Crippen LogP contribution is -2.40. The third kappa shape index (κ3) is 5.11.